The molecule has 0 amide bonds. The van der Waals surface area contributed by atoms with Crippen molar-refractivity contribution in [2.24, 2.45) is 7.05 Å². The molecule has 0 fully saturated rings. The number of hydrogen-bond acceptors (Lipinski definition) is 0. The zero-order valence-electron chi connectivity index (χ0n) is 13.2. The van der Waals surface area contributed by atoms with Gasteiger partial charge in [-0.05, 0) is 48.6 Å². The Morgan fingerprint density at radius 2 is 1.76 bits per heavy atom. The first-order valence-corrected chi connectivity index (χ1v) is 7.85. The first-order valence-electron chi connectivity index (χ1n) is 7.85. The Labute approximate surface area is 127 Å². The second-order valence-electron chi connectivity index (χ2n) is 5.91. The summed E-state index contributed by atoms with van der Waals surface area (Å²) in [4.78, 5) is 0. The molecule has 0 aliphatic carbocycles. The summed E-state index contributed by atoms with van der Waals surface area (Å²) < 4.78 is 2.32. The van der Waals surface area contributed by atoms with Gasteiger partial charge >= 0.3 is 0 Å². The average Bonchev–Trinajstić information content (AvgIpc) is 2.83. The van der Waals surface area contributed by atoms with Crippen LogP contribution in [0.5, 0.6) is 0 Å². The second-order valence-corrected chi connectivity index (χ2v) is 5.91. The van der Waals surface area contributed by atoms with Gasteiger partial charge in [-0.2, -0.15) is 0 Å². The third-order valence-corrected chi connectivity index (χ3v) is 4.27. The number of aromatic nitrogens is 1. The molecule has 3 rings (SSSR count). The van der Waals surface area contributed by atoms with Crippen molar-refractivity contribution in [1.82, 2.24) is 4.57 Å². The van der Waals surface area contributed by atoms with Crippen LogP contribution in [0.15, 0.2) is 48.5 Å². The van der Waals surface area contributed by atoms with Crippen LogP contribution in [0.1, 0.15) is 30.9 Å². The van der Waals surface area contributed by atoms with Gasteiger partial charge in [0.15, 0.2) is 0 Å². The lowest BCUT2D eigenvalue weighted by Crippen LogP contribution is -1.94. The van der Waals surface area contributed by atoms with E-state index in [0.717, 1.165) is 0 Å². The number of benzene rings is 2. The normalized spacial score (nSPS) is 11.2. The summed E-state index contributed by atoms with van der Waals surface area (Å²) in [7, 11) is 2.17. The Hall–Kier alpha value is -2.02. The maximum atomic E-state index is 2.37. The molecule has 0 radical (unpaired) electrons. The van der Waals surface area contributed by atoms with E-state index < -0.39 is 0 Å². The van der Waals surface area contributed by atoms with Crippen molar-refractivity contribution in [2.45, 2.75) is 33.1 Å². The van der Waals surface area contributed by atoms with Crippen molar-refractivity contribution in [2.75, 3.05) is 0 Å². The van der Waals surface area contributed by atoms with Gasteiger partial charge in [-0.25, -0.2) is 0 Å². The van der Waals surface area contributed by atoms with Gasteiger partial charge in [-0.3, -0.25) is 0 Å². The first kappa shape index (κ1) is 13.9. The minimum absolute atomic E-state index is 1.18. The maximum Gasteiger partial charge on any atom is 0.0512 e. The SMILES string of the molecule is CCCCc1cc(C)c2c(c1)cc(-c1ccccc1)n2C. The minimum Gasteiger partial charge on any atom is -0.343 e. The van der Waals surface area contributed by atoms with Crippen LogP contribution in [0.4, 0.5) is 0 Å². The molecule has 1 aromatic heterocycles. The van der Waals surface area contributed by atoms with Crippen molar-refractivity contribution < 1.29 is 0 Å². The molecule has 0 bridgehead atoms. The van der Waals surface area contributed by atoms with E-state index in [1.807, 2.05) is 0 Å². The van der Waals surface area contributed by atoms with Crippen molar-refractivity contribution in [1.29, 1.82) is 0 Å². The van der Waals surface area contributed by atoms with E-state index in [4.69, 9.17) is 0 Å². The van der Waals surface area contributed by atoms with Gasteiger partial charge in [0.05, 0.1) is 5.52 Å². The third kappa shape index (κ3) is 2.61. The third-order valence-electron chi connectivity index (χ3n) is 4.27. The summed E-state index contributed by atoms with van der Waals surface area (Å²) in [5.41, 5.74) is 6.77. The zero-order chi connectivity index (χ0) is 14.8. The van der Waals surface area contributed by atoms with E-state index in [0.29, 0.717) is 0 Å². The fraction of sp³-hybridized carbons (Fsp3) is 0.300. The molecule has 2 aromatic carbocycles. The van der Waals surface area contributed by atoms with Crippen LogP contribution in [0, 0.1) is 6.92 Å². The lowest BCUT2D eigenvalue weighted by atomic mass is 10.0. The van der Waals surface area contributed by atoms with Gasteiger partial charge in [-0.15, -0.1) is 0 Å². The monoisotopic (exact) mass is 277 g/mol. The summed E-state index contributed by atoms with van der Waals surface area (Å²) in [5.74, 6) is 0. The Bertz CT molecular complexity index is 750. The molecule has 1 nitrogen and oxygen atoms in total. The maximum absolute atomic E-state index is 2.37. The second kappa shape index (κ2) is 5.77. The standard InChI is InChI=1S/C20H23N/c1-4-5-9-16-12-15(2)20-18(13-16)14-19(21(20)3)17-10-7-6-8-11-17/h6-8,10-14H,4-5,9H2,1-3H3. The van der Waals surface area contributed by atoms with Gasteiger partial charge in [0.1, 0.15) is 0 Å². The largest absolute Gasteiger partial charge is 0.343 e. The van der Waals surface area contributed by atoms with Crippen molar-refractivity contribution in [3.8, 4) is 11.3 Å². The highest BCUT2D eigenvalue weighted by Crippen LogP contribution is 2.30. The van der Waals surface area contributed by atoms with Crippen LogP contribution in [0.2, 0.25) is 0 Å². The summed E-state index contributed by atoms with van der Waals surface area (Å²) in [6, 6.07) is 17.7. The highest BCUT2D eigenvalue weighted by atomic mass is 14.9. The molecule has 1 heteroatoms. The molecule has 3 aromatic rings. The number of fused-ring (bicyclic) bond motifs is 1. The van der Waals surface area contributed by atoms with E-state index in [9.17, 15) is 0 Å². The van der Waals surface area contributed by atoms with Crippen molar-refractivity contribution in [3.05, 3.63) is 59.7 Å². The zero-order valence-corrected chi connectivity index (χ0v) is 13.2. The Balaban J connectivity index is 2.13. The Kier molecular flexibility index (Phi) is 3.83. The number of nitrogens with zero attached hydrogens (tertiary/aromatic N) is 1. The molecule has 21 heavy (non-hydrogen) atoms. The smallest absolute Gasteiger partial charge is 0.0512 e. The average molecular weight is 277 g/mol. The molecule has 0 atom stereocenters. The highest BCUT2D eigenvalue weighted by Gasteiger charge is 2.10. The molecule has 0 unspecified atom stereocenters. The summed E-state index contributed by atoms with van der Waals surface area (Å²) >= 11 is 0. The van der Waals surface area contributed by atoms with Crippen LogP contribution < -0.4 is 0 Å². The molecule has 0 saturated heterocycles. The first-order chi connectivity index (χ1) is 10.2. The summed E-state index contributed by atoms with van der Waals surface area (Å²) in [5, 5.41) is 1.36. The van der Waals surface area contributed by atoms with Gasteiger partial charge in [-0.1, -0.05) is 49.7 Å². The van der Waals surface area contributed by atoms with Crippen LogP contribution in [0.3, 0.4) is 0 Å². The lowest BCUT2D eigenvalue weighted by Gasteiger charge is -2.08. The topological polar surface area (TPSA) is 4.93 Å². The van der Waals surface area contributed by atoms with Gasteiger partial charge in [0.2, 0.25) is 0 Å². The minimum atomic E-state index is 1.18. The predicted molar refractivity (Wildman–Crippen MR) is 91.7 cm³/mol. The molecule has 0 N–H and O–H groups in total. The predicted octanol–water partition coefficient (Wildman–Crippen LogP) is 5.50. The number of unbranched alkanes of at least 4 members (excludes halogenated alkanes) is 1. The Morgan fingerprint density at radius 1 is 1.00 bits per heavy atom. The van der Waals surface area contributed by atoms with Gasteiger partial charge in [0.25, 0.3) is 0 Å². The van der Waals surface area contributed by atoms with E-state index in [1.165, 1.54) is 52.5 Å². The van der Waals surface area contributed by atoms with Gasteiger partial charge in [0, 0.05) is 18.1 Å². The highest BCUT2D eigenvalue weighted by molar-refractivity contribution is 5.89. The number of rotatable bonds is 4. The molecular weight excluding hydrogens is 254 g/mol. The molecule has 0 spiro atoms. The van der Waals surface area contributed by atoms with E-state index in [1.54, 1.807) is 0 Å². The molecular formula is C20H23N. The Morgan fingerprint density at radius 3 is 2.48 bits per heavy atom. The molecule has 108 valence electrons. The number of hydrogen-bond donors (Lipinski definition) is 0. The van der Waals surface area contributed by atoms with E-state index in [-0.39, 0.29) is 0 Å². The molecule has 0 saturated carbocycles. The van der Waals surface area contributed by atoms with Gasteiger partial charge < -0.3 is 4.57 Å². The fourth-order valence-corrected chi connectivity index (χ4v) is 3.23. The fourth-order valence-electron chi connectivity index (χ4n) is 3.23. The lowest BCUT2D eigenvalue weighted by molar-refractivity contribution is 0.795. The molecule has 0 aliphatic rings. The van der Waals surface area contributed by atoms with Crippen LogP contribution in [-0.2, 0) is 13.5 Å². The van der Waals surface area contributed by atoms with Crippen molar-refractivity contribution >= 4 is 10.9 Å². The quantitative estimate of drug-likeness (QED) is 0.593. The number of aryl methyl sites for hydroxylation is 3. The van der Waals surface area contributed by atoms with E-state index >= 15 is 0 Å². The van der Waals surface area contributed by atoms with E-state index in [2.05, 4.69) is 74.0 Å². The summed E-state index contributed by atoms with van der Waals surface area (Å²) in [6.07, 6.45) is 3.70. The van der Waals surface area contributed by atoms with Crippen LogP contribution in [-0.4, -0.2) is 4.57 Å². The van der Waals surface area contributed by atoms with Crippen molar-refractivity contribution in [3.63, 3.8) is 0 Å². The van der Waals surface area contributed by atoms with Crippen LogP contribution in [0.25, 0.3) is 22.2 Å². The van der Waals surface area contributed by atoms with Crippen LogP contribution >= 0.6 is 0 Å². The summed E-state index contributed by atoms with van der Waals surface area (Å²) in [6.45, 7) is 4.48. The molecule has 0 aliphatic heterocycles. The molecule has 1 heterocycles.